The number of hydrogen-bond donors (Lipinski definition) is 2. The van der Waals surface area contributed by atoms with Gasteiger partial charge in [0, 0.05) is 43.7 Å². The van der Waals surface area contributed by atoms with Crippen molar-refractivity contribution < 1.29 is 4.79 Å². The van der Waals surface area contributed by atoms with Crippen LogP contribution in [0.4, 0.5) is 0 Å². The van der Waals surface area contributed by atoms with Crippen LogP contribution in [-0.4, -0.2) is 24.1 Å². The third-order valence-electron chi connectivity index (χ3n) is 3.60. The fourth-order valence-corrected chi connectivity index (χ4v) is 2.49. The van der Waals surface area contributed by atoms with Gasteiger partial charge in [0.1, 0.15) is 0 Å². The molecule has 0 aliphatic carbocycles. The van der Waals surface area contributed by atoms with Crippen molar-refractivity contribution in [1.82, 2.24) is 15.2 Å². The zero-order valence-corrected chi connectivity index (χ0v) is 13.1. The van der Waals surface area contributed by atoms with Gasteiger partial charge in [0.15, 0.2) is 0 Å². The van der Waals surface area contributed by atoms with E-state index in [4.69, 9.17) is 0 Å². The van der Waals surface area contributed by atoms with Crippen LogP contribution in [-0.2, 0) is 17.9 Å². The lowest BCUT2D eigenvalue weighted by Gasteiger charge is -2.06. The summed E-state index contributed by atoms with van der Waals surface area (Å²) >= 11 is 0. The van der Waals surface area contributed by atoms with E-state index in [-0.39, 0.29) is 5.91 Å². The second kappa shape index (κ2) is 7.27. The molecule has 1 amide bonds. The molecule has 0 bridgehead atoms. The largest absolute Gasteiger partial charge is 0.359 e. The minimum absolute atomic E-state index is 0.0762. The Hall–Kier alpha value is -1.81. The zero-order valence-electron chi connectivity index (χ0n) is 13.1. The van der Waals surface area contributed by atoms with E-state index in [2.05, 4.69) is 53.4 Å². The summed E-state index contributed by atoms with van der Waals surface area (Å²) in [5, 5.41) is 7.43. The Bertz CT molecular complexity index is 601. The maximum atomic E-state index is 11.4. The Morgan fingerprint density at radius 2 is 2.05 bits per heavy atom. The number of nitrogens with zero attached hydrogens (tertiary/aromatic N) is 1. The molecule has 1 heterocycles. The van der Waals surface area contributed by atoms with Gasteiger partial charge in [0.05, 0.1) is 0 Å². The molecule has 1 aromatic heterocycles. The van der Waals surface area contributed by atoms with E-state index in [1.165, 1.54) is 16.5 Å². The first-order valence-electron chi connectivity index (χ1n) is 7.60. The molecular formula is C17H25N3O. The van der Waals surface area contributed by atoms with Crippen LogP contribution >= 0.6 is 0 Å². The summed E-state index contributed by atoms with van der Waals surface area (Å²) in [5.41, 5.74) is 2.49. The lowest BCUT2D eigenvalue weighted by Crippen LogP contribution is -2.19. The molecule has 0 fully saturated rings. The summed E-state index contributed by atoms with van der Waals surface area (Å²) in [6, 6.07) is 8.38. The van der Waals surface area contributed by atoms with Crippen LogP contribution < -0.4 is 10.6 Å². The summed E-state index contributed by atoms with van der Waals surface area (Å²) in [6.07, 6.45) is 2.68. The molecule has 2 rings (SSSR count). The van der Waals surface area contributed by atoms with Crippen LogP contribution in [0, 0.1) is 5.92 Å². The highest BCUT2D eigenvalue weighted by molar-refractivity contribution is 5.84. The molecular weight excluding hydrogens is 262 g/mol. The number of carbonyl (C=O) groups is 1. The third-order valence-corrected chi connectivity index (χ3v) is 3.60. The first-order chi connectivity index (χ1) is 10.1. The molecule has 0 atom stereocenters. The van der Waals surface area contributed by atoms with Gasteiger partial charge in [-0.3, -0.25) is 4.79 Å². The summed E-state index contributed by atoms with van der Waals surface area (Å²) < 4.78 is 2.18. The molecule has 21 heavy (non-hydrogen) atoms. The van der Waals surface area contributed by atoms with Gasteiger partial charge in [-0.05, 0) is 24.1 Å². The van der Waals surface area contributed by atoms with Crippen molar-refractivity contribution >= 4 is 16.8 Å². The van der Waals surface area contributed by atoms with Gasteiger partial charge in [0.25, 0.3) is 0 Å². The number of hydrogen-bond acceptors (Lipinski definition) is 2. The number of nitrogens with one attached hydrogen (secondary N) is 2. The summed E-state index contributed by atoms with van der Waals surface area (Å²) in [5.74, 6) is 0.721. The molecule has 114 valence electrons. The number of aromatic nitrogens is 1. The average molecular weight is 287 g/mol. The van der Waals surface area contributed by atoms with Crippen molar-refractivity contribution in [1.29, 1.82) is 0 Å². The van der Waals surface area contributed by atoms with Crippen LogP contribution in [0.2, 0.25) is 0 Å². The van der Waals surface area contributed by atoms with Crippen molar-refractivity contribution in [3.63, 3.8) is 0 Å². The normalized spacial score (nSPS) is 11.2. The van der Waals surface area contributed by atoms with Crippen LogP contribution in [0.25, 0.3) is 10.9 Å². The fraction of sp³-hybridized carbons (Fsp3) is 0.471. The highest BCUT2D eigenvalue weighted by Crippen LogP contribution is 2.21. The quantitative estimate of drug-likeness (QED) is 0.822. The van der Waals surface area contributed by atoms with E-state index in [9.17, 15) is 4.79 Å². The van der Waals surface area contributed by atoms with E-state index in [1.807, 2.05) is 6.07 Å². The Balaban J connectivity index is 2.15. The van der Waals surface area contributed by atoms with E-state index >= 15 is 0 Å². The zero-order chi connectivity index (χ0) is 15.2. The van der Waals surface area contributed by atoms with E-state index in [0.29, 0.717) is 18.9 Å². The molecule has 0 aliphatic heterocycles. The summed E-state index contributed by atoms with van der Waals surface area (Å²) in [7, 11) is 1.68. The van der Waals surface area contributed by atoms with Crippen LogP contribution in [0.3, 0.4) is 0 Å². The van der Waals surface area contributed by atoms with Gasteiger partial charge in [-0.1, -0.05) is 32.0 Å². The highest BCUT2D eigenvalue weighted by Gasteiger charge is 2.09. The Morgan fingerprint density at radius 3 is 2.76 bits per heavy atom. The lowest BCUT2D eigenvalue weighted by molar-refractivity contribution is -0.120. The molecule has 0 radical (unpaired) electrons. The molecule has 0 aliphatic rings. The van der Waals surface area contributed by atoms with Crippen molar-refractivity contribution in [3.05, 3.63) is 36.0 Å². The second-order valence-corrected chi connectivity index (χ2v) is 5.81. The fourth-order valence-electron chi connectivity index (χ4n) is 2.49. The topological polar surface area (TPSA) is 46.1 Å². The molecule has 4 nitrogen and oxygen atoms in total. The molecule has 0 unspecified atom stereocenters. The molecule has 2 aromatic rings. The van der Waals surface area contributed by atoms with E-state index < -0.39 is 0 Å². The van der Waals surface area contributed by atoms with Crippen LogP contribution in [0.5, 0.6) is 0 Å². The smallest absolute Gasteiger partial charge is 0.221 e. The maximum Gasteiger partial charge on any atom is 0.221 e. The second-order valence-electron chi connectivity index (χ2n) is 5.81. The van der Waals surface area contributed by atoms with Gasteiger partial charge < -0.3 is 15.2 Å². The van der Waals surface area contributed by atoms with Gasteiger partial charge in [-0.25, -0.2) is 0 Å². The minimum atomic E-state index is 0.0762. The molecule has 0 saturated carbocycles. The first-order valence-corrected chi connectivity index (χ1v) is 7.60. The standard InChI is InChI=1S/C17H25N3O/c1-13(2)10-19-11-14-12-20(9-8-17(21)18-3)16-7-5-4-6-15(14)16/h4-7,12-13,19H,8-11H2,1-3H3,(H,18,21). The van der Waals surface area contributed by atoms with E-state index in [0.717, 1.165) is 13.1 Å². The number of amides is 1. The van der Waals surface area contributed by atoms with Crippen LogP contribution in [0.15, 0.2) is 30.5 Å². The predicted molar refractivity (Wildman–Crippen MR) is 87.2 cm³/mol. The maximum absolute atomic E-state index is 11.4. The SMILES string of the molecule is CNC(=O)CCn1cc(CNCC(C)C)c2ccccc21. The molecule has 0 spiro atoms. The van der Waals surface area contributed by atoms with Gasteiger partial charge >= 0.3 is 0 Å². The van der Waals surface area contributed by atoms with Crippen LogP contribution in [0.1, 0.15) is 25.8 Å². The Morgan fingerprint density at radius 1 is 1.29 bits per heavy atom. The summed E-state index contributed by atoms with van der Waals surface area (Å²) in [6.45, 7) is 7.01. The Labute approximate surface area is 126 Å². The predicted octanol–water partition coefficient (Wildman–Crippen LogP) is 2.52. The number of aryl methyl sites for hydroxylation is 1. The van der Waals surface area contributed by atoms with Gasteiger partial charge in [0.2, 0.25) is 5.91 Å². The number of rotatable bonds is 7. The molecule has 0 saturated heterocycles. The van der Waals surface area contributed by atoms with Gasteiger partial charge in [-0.2, -0.15) is 0 Å². The Kier molecular flexibility index (Phi) is 5.39. The number of fused-ring (bicyclic) bond motifs is 1. The first kappa shape index (κ1) is 15.6. The number of benzene rings is 1. The molecule has 2 N–H and O–H groups in total. The van der Waals surface area contributed by atoms with E-state index in [1.54, 1.807) is 7.05 Å². The third kappa shape index (κ3) is 4.08. The highest BCUT2D eigenvalue weighted by atomic mass is 16.1. The van der Waals surface area contributed by atoms with Crippen molar-refractivity contribution in [3.8, 4) is 0 Å². The van der Waals surface area contributed by atoms with Crippen molar-refractivity contribution in [2.45, 2.75) is 33.4 Å². The molecule has 1 aromatic carbocycles. The van der Waals surface area contributed by atoms with Gasteiger partial charge in [-0.15, -0.1) is 0 Å². The minimum Gasteiger partial charge on any atom is -0.359 e. The lowest BCUT2D eigenvalue weighted by atomic mass is 10.1. The average Bonchev–Trinajstić information content (AvgIpc) is 2.83. The monoisotopic (exact) mass is 287 g/mol. The number of para-hydroxylation sites is 1. The number of carbonyl (C=O) groups excluding carboxylic acids is 1. The molecule has 4 heteroatoms. The summed E-state index contributed by atoms with van der Waals surface area (Å²) in [4.78, 5) is 11.4. The van der Waals surface area contributed by atoms with Crippen molar-refractivity contribution in [2.75, 3.05) is 13.6 Å². The van der Waals surface area contributed by atoms with Crippen molar-refractivity contribution in [2.24, 2.45) is 5.92 Å².